The van der Waals surface area contributed by atoms with Gasteiger partial charge in [-0.2, -0.15) is 0 Å². The highest BCUT2D eigenvalue weighted by atomic mass is 16.6. The van der Waals surface area contributed by atoms with E-state index in [-0.39, 0.29) is 12.1 Å². The number of aromatic nitrogens is 1. The number of aryl methyl sites for hydroxylation is 1. The molecule has 0 radical (unpaired) electrons. The van der Waals surface area contributed by atoms with Crippen LogP contribution in [0.5, 0.6) is 0 Å². The molecule has 0 spiro atoms. The Balaban J connectivity index is 1.44. The molecule has 2 saturated heterocycles. The van der Waals surface area contributed by atoms with Crippen LogP contribution in [-0.4, -0.2) is 48.8 Å². The molecule has 2 aliphatic heterocycles. The Morgan fingerprint density at radius 3 is 2.75 bits per heavy atom. The first-order chi connectivity index (χ1) is 13.7. The number of carbonyl (C=O) groups is 1. The number of carbonyl (C=O) groups excluding carboxylic acids is 1. The summed E-state index contributed by atoms with van der Waals surface area (Å²) in [5, 5.41) is 0. The average molecular weight is 381 g/mol. The van der Waals surface area contributed by atoms with Crippen LogP contribution in [0.25, 0.3) is 0 Å². The molecule has 6 heteroatoms. The van der Waals surface area contributed by atoms with E-state index in [1.165, 1.54) is 5.56 Å². The summed E-state index contributed by atoms with van der Waals surface area (Å²) in [7, 11) is 0. The maximum absolute atomic E-state index is 12.7. The number of rotatable bonds is 4. The molecule has 3 heterocycles. The molecule has 0 aliphatic carbocycles. The lowest BCUT2D eigenvalue weighted by Crippen LogP contribution is -2.37. The highest BCUT2D eigenvalue weighted by Crippen LogP contribution is 2.35. The number of nitrogens with zero attached hydrogens (tertiary/aromatic N) is 3. The molecule has 2 aromatic rings. The first-order valence-electron chi connectivity index (χ1n) is 9.99. The predicted molar refractivity (Wildman–Crippen MR) is 107 cm³/mol. The van der Waals surface area contributed by atoms with Crippen molar-refractivity contribution in [1.29, 1.82) is 0 Å². The Morgan fingerprint density at radius 2 is 2.00 bits per heavy atom. The van der Waals surface area contributed by atoms with E-state index in [4.69, 9.17) is 9.47 Å². The molecule has 1 aromatic carbocycles. The summed E-state index contributed by atoms with van der Waals surface area (Å²) < 4.78 is 11.0. The number of likely N-dealkylation sites (tertiary alicyclic amines) is 1. The smallest absolute Gasteiger partial charge is 0.410 e. The second-order valence-electron chi connectivity index (χ2n) is 7.39. The number of morpholine rings is 1. The number of anilines is 1. The molecule has 0 bridgehead atoms. The van der Waals surface area contributed by atoms with Crippen LogP contribution in [0.4, 0.5) is 10.6 Å². The van der Waals surface area contributed by atoms with Crippen molar-refractivity contribution < 1.29 is 14.3 Å². The van der Waals surface area contributed by atoms with E-state index in [0.29, 0.717) is 6.61 Å². The molecule has 2 fully saturated rings. The maximum atomic E-state index is 12.7. The van der Waals surface area contributed by atoms with Crippen LogP contribution in [0.1, 0.15) is 35.6 Å². The summed E-state index contributed by atoms with van der Waals surface area (Å²) in [6.07, 6.45) is 3.62. The fraction of sp³-hybridized carbons (Fsp3) is 0.455. The third-order valence-corrected chi connectivity index (χ3v) is 5.52. The fourth-order valence-corrected chi connectivity index (χ4v) is 3.98. The number of hydrogen-bond acceptors (Lipinski definition) is 5. The van der Waals surface area contributed by atoms with Crippen molar-refractivity contribution in [3.63, 3.8) is 0 Å². The number of hydrogen-bond donors (Lipinski definition) is 0. The van der Waals surface area contributed by atoms with E-state index in [2.05, 4.69) is 22.9 Å². The van der Waals surface area contributed by atoms with E-state index >= 15 is 0 Å². The Hall–Kier alpha value is -2.60. The second-order valence-corrected chi connectivity index (χ2v) is 7.39. The third-order valence-electron chi connectivity index (χ3n) is 5.52. The van der Waals surface area contributed by atoms with Crippen LogP contribution >= 0.6 is 0 Å². The zero-order chi connectivity index (χ0) is 19.3. The molecule has 148 valence electrons. The van der Waals surface area contributed by atoms with Crippen LogP contribution in [0.15, 0.2) is 42.6 Å². The minimum atomic E-state index is -0.247. The molecule has 0 N–H and O–H groups in total. The van der Waals surface area contributed by atoms with E-state index in [9.17, 15) is 4.79 Å². The monoisotopic (exact) mass is 381 g/mol. The first-order valence-corrected chi connectivity index (χ1v) is 9.99. The molecule has 6 nitrogen and oxygen atoms in total. The van der Waals surface area contributed by atoms with Crippen LogP contribution < -0.4 is 4.90 Å². The topological polar surface area (TPSA) is 54.9 Å². The summed E-state index contributed by atoms with van der Waals surface area (Å²) in [4.78, 5) is 21.5. The molecular formula is C22H27N3O3. The zero-order valence-electron chi connectivity index (χ0n) is 16.3. The van der Waals surface area contributed by atoms with Gasteiger partial charge in [0.15, 0.2) is 0 Å². The summed E-state index contributed by atoms with van der Waals surface area (Å²) >= 11 is 0. The summed E-state index contributed by atoms with van der Waals surface area (Å²) in [5.74, 6) is 0.987. The lowest BCUT2D eigenvalue weighted by molar-refractivity contribution is 0.0919. The van der Waals surface area contributed by atoms with E-state index in [0.717, 1.165) is 62.6 Å². The van der Waals surface area contributed by atoms with Gasteiger partial charge in [0.25, 0.3) is 0 Å². The summed E-state index contributed by atoms with van der Waals surface area (Å²) in [6.45, 7) is 6.35. The van der Waals surface area contributed by atoms with Gasteiger partial charge in [0, 0.05) is 25.8 Å². The quantitative estimate of drug-likeness (QED) is 0.808. The van der Waals surface area contributed by atoms with Crippen molar-refractivity contribution in [2.75, 3.05) is 37.7 Å². The van der Waals surface area contributed by atoms with Crippen molar-refractivity contribution in [1.82, 2.24) is 9.88 Å². The van der Waals surface area contributed by atoms with Crippen LogP contribution in [0.2, 0.25) is 0 Å². The molecule has 28 heavy (non-hydrogen) atoms. The number of benzene rings is 1. The SMILES string of the molecule is Cc1cc(N2CCOCC2)ncc1[C@H]1CCCN1C(=O)OCc1ccccc1. The van der Waals surface area contributed by atoms with Gasteiger partial charge in [-0.1, -0.05) is 30.3 Å². The minimum Gasteiger partial charge on any atom is -0.445 e. The molecule has 1 amide bonds. The molecular weight excluding hydrogens is 354 g/mol. The van der Waals surface area contributed by atoms with Crippen molar-refractivity contribution in [2.24, 2.45) is 0 Å². The molecule has 1 aromatic heterocycles. The molecule has 0 unspecified atom stereocenters. The van der Waals surface area contributed by atoms with Crippen molar-refractivity contribution >= 4 is 11.9 Å². The van der Waals surface area contributed by atoms with Gasteiger partial charge in [0.05, 0.1) is 19.3 Å². The van der Waals surface area contributed by atoms with Gasteiger partial charge in [-0.25, -0.2) is 9.78 Å². The lowest BCUT2D eigenvalue weighted by atomic mass is 10.0. The van der Waals surface area contributed by atoms with Crippen molar-refractivity contribution in [3.05, 3.63) is 59.3 Å². The highest BCUT2D eigenvalue weighted by molar-refractivity contribution is 5.69. The largest absolute Gasteiger partial charge is 0.445 e. The summed E-state index contributed by atoms with van der Waals surface area (Å²) in [6, 6.07) is 12.0. The number of amides is 1. The number of pyridine rings is 1. The van der Waals surface area contributed by atoms with E-state index in [1.54, 1.807) is 0 Å². The Bertz CT molecular complexity index is 806. The standard InChI is InChI=1S/C22H27N3O3/c1-17-14-21(24-10-12-27-13-11-24)23-15-19(17)20-8-5-9-25(20)22(26)28-16-18-6-3-2-4-7-18/h2-4,6-7,14-15,20H,5,8-13,16H2,1H3/t20-/m1/s1. The second kappa shape index (κ2) is 8.61. The Morgan fingerprint density at radius 1 is 1.21 bits per heavy atom. The van der Waals surface area contributed by atoms with Gasteiger partial charge >= 0.3 is 6.09 Å². The van der Waals surface area contributed by atoms with Gasteiger partial charge < -0.3 is 19.3 Å². The van der Waals surface area contributed by atoms with Crippen LogP contribution in [-0.2, 0) is 16.1 Å². The van der Waals surface area contributed by atoms with Gasteiger partial charge in [-0.3, -0.25) is 0 Å². The van der Waals surface area contributed by atoms with Crippen molar-refractivity contribution in [2.45, 2.75) is 32.4 Å². The average Bonchev–Trinajstić information content (AvgIpc) is 3.23. The Kier molecular flexibility index (Phi) is 5.76. The Labute approximate surface area is 166 Å². The first kappa shape index (κ1) is 18.7. The normalized spacial score (nSPS) is 19.7. The minimum absolute atomic E-state index is 0.0366. The zero-order valence-corrected chi connectivity index (χ0v) is 16.3. The van der Waals surface area contributed by atoms with Gasteiger partial charge in [-0.05, 0) is 42.5 Å². The van der Waals surface area contributed by atoms with Crippen molar-refractivity contribution in [3.8, 4) is 0 Å². The van der Waals surface area contributed by atoms with E-state index < -0.39 is 0 Å². The molecule has 1 atom stereocenters. The van der Waals surface area contributed by atoms with E-state index in [1.807, 2.05) is 41.4 Å². The van der Waals surface area contributed by atoms with Gasteiger partial charge in [0.2, 0.25) is 0 Å². The fourth-order valence-electron chi connectivity index (χ4n) is 3.98. The lowest BCUT2D eigenvalue weighted by Gasteiger charge is -2.29. The third kappa shape index (κ3) is 4.12. The maximum Gasteiger partial charge on any atom is 0.410 e. The summed E-state index contributed by atoms with van der Waals surface area (Å²) in [5.41, 5.74) is 3.29. The molecule has 2 aliphatic rings. The number of ether oxygens (including phenoxy) is 2. The van der Waals surface area contributed by atoms with Crippen LogP contribution in [0.3, 0.4) is 0 Å². The van der Waals surface area contributed by atoms with Gasteiger partial charge in [0.1, 0.15) is 12.4 Å². The van der Waals surface area contributed by atoms with Gasteiger partial charge in [-0.15, -0.1) is 0 Å². The highest BCUT2D eigenvalue weighted by Gasteiger charge is 2.32. The molecule has 0 saturated carbocycles. The van der Waals surface area contributed by atoms with Crippen LogP contribution in [0, 0.1) is 6.92 Å². The predicted octanol–water partition coefficient (Wildman–Crippen LogP) is 3.70. The molecule has 4 rings (SSSR count).